The Kier molecular flexibility index (Phi) is 2.71. The van der Waals surface area contributed by atoms with Gasteiger partial charge in [-0.05, 0) is 40.1 Å². The largest absolute Gasteiger partial charge is 0.481 e. The second kappa shape index (κ2) is 4.39. The van der Waals surface area contributed by atoms with Gasteiger partial charge in [0.1, 0.15) is 0 Å². The van der Waals surface area contributed by atoms with Crippen LogP contribution in [0, 0.1) is 0 Å². The first kappa shape index (κ1) is 11.7. The maximum absolute atomic E-state index is 11.4. The molecule has 0 amide bonds. The van der Waals surface area contributed by atoms with Crippen molar-refractivity contribution in [2.45, 2.75) is 12.8 Å². The van der Waals surface area contributed by atoms with E-state index in [9.17, 15) is 9.90 Å². The molecule has 3 aromatic carbocycles. The first-order valence-corrected chi connectivity index (χ1v) is 6.31. The van der Waals surface area contributed by atoms with E-state index in [0.717, 1.165) is 27.1 Å². The molecule has 0 aliphatic heterocycles. The van der Waals surface area contributed by atoms with Crippen LogP contribution in [0.25, 0.3) is 21.5 Å². The highest BCUT2D eigenvalue weighted by Crippen LogP contribution is 2.33. The molecule has 19 heavy (non-hydrogen) atoms. The van der Waals surface area contributed by atoms with Gasteiger partial charge >= 0.3 is 5.97 Å². The van der Waals surface area contributed by atoms with Crippen molar-refractivity contribution in [3.05, 3.63) is 60.2 Å². The molecule has 0 saturated carbocycles. The van der Waals surface area contributed by atoms with E-state index in [2.05, 4.69) is 6.07 Å². The number of rotatable bonds is 2. The molecule has 0 unspecified atom stereocenters. The highest BCUT2D eigenvalue weighted by molar-refractivity contribution is 6.05. The van der Waals surface area contributed by atoms with Gasteiger partial charge in [0.05, 0.1) is 5.92 Å². The van der Waals surface area contributed by atoms with Crippen molar-refractivity contribution < 1.29 is 9.90 Å². The topological polar surface area (TPSA) is 37.3 Å². The third-order valence-corrected chi connectivity index (χ3v) is 3.62. The van der Waals surface area contributed by atoms with E-state index in [0.29, 0.717) is 0 Å². The van der Waals surface area contributed by atoms with Crippen LogP contribution in [-0.2, 0) is 4.79 Å². The molecule has 94 valence electrons. The molecule has 0 aliphatic carbocycles. The van der Waals surface area contributed by atoms with E-state index in [1.807, 2.05) is 48.5 Å². The fourth-order valence-corrected chi connectivity index (χ4v) is 2.64. The molecule has 3 rings (SSSR count). The van der Waals surface area contributed by atoms with Crippen LogP contribution in [0.4, 0.5) is 0 Å². The molecule has 0 fully saturated rings. The molecule has 0 aliphatic rings. The Morgan fingerprint density at radius 1 is 0.947 bits per heavy atom. The summed E-state index contributed by atoms with van der Waals surface area (Å²) < 4.78 is 0. The van der Waals surface area contributed by atoms with Gasteiger partial charge in [-0.15, -0.1) is 0 Å². The van der Waals surface area contributed by atoms with Crippen LogP contribution in [0.1, 0.15) is 18.4 Å². The van der Waals surface area contributed by atoms with Gasteiger partial charge in [-0.2, -0.15) is 0 Å². The van der Waals surface area contributed by atoms with Crippen molar-refractivity contribution in [1.29, 1.82) is 0 Å². The molecular weight excluding hydrogens is 236 g/mol. The van der Waals surface area contributed by atoms with E-state index in [1.54, 1.807) is 6.92 Å². The van der Waals surface area contributed by atoms with Crippen LogP contribution in [0.2, 0.25) is 0 Å². The van der Waals surface area contributed by atoms with E-state index >= 15 is 0 Å². The Bertz CT molecular complexity index is 720. The van der Waals surface area contributed by atoms with Crippen LogP contribution in [0.3, 0.4) is 0 Å². The normalized spacial score (nSPS) is 12.7. The summed E-state index contributed by atoms with van der Waals surface area (Å²) in [5, 5.41) is 13.6. The van der Waals surface area contributed by atoms with Crippen LogP contribution in [0.15, 0.2) is 54.6 Å². The Hall–Kier alpha value is -2.35. The van der Waals surface area contributed by atoms with Crippen LogP contribution in [-0.4, -0.2) is 11.1 Å². The van der Waals surface area contributed by atoms with Crippen molar-refractivity contribution >= 4 is 27.5 Å². The number of hydrogen-bond acceptors (Lipinski definition) is 1. The highest BCUT2D eigenvalue weighted by Gasteiger charge is 2.19. The van der Waals surface area contributed by atoms with Gasteiger partial charge in [-0.1, -0.05) is 48.5 Å². The lowest BCUT2D eigenvalue weighted by atomic mass is 9.89. The Morgan fingerprint density at radius 3 is 1.89 bits per heavy atom. The van der Waals surface area contributed by atoms with Crippen LogP contribution >= 0.6 is 0 Å². The zero-order valence-electron chi connectivity index (χ0n) is 10.6. The first-order valence-electron chi connectivity index (χ1n) is 6.31. The molecule has 1 atom stereocenters. The molecule has 3 aromatic rings. The summed E-state index contributed by atoms with van der Waals surface area (Å²) in [6.07, 6.45) is 0. The van der Waals surface area contributed by atoms with E-state index in [4.69, 9.17) is 0 Å². The lowest BCUT2D eigenvalue weighted by molar-refractivity contribution is -0.138. The maximum Gasteiger partial charge on any atom is 0.310 e. The molecule has 2 nitrogen and oxygen atoms in total. The van der Waals surface area contributed by atoms with Gasteiger partial charge in [-0.3, -0.25) is 4.79 Å². The fourth-order valence-electron chi connectivity index (χ4n) is 2.64. The van der Waals surface area contributed by atoms with Gasteiger partial charge in [0, 0.05) is 0 Å². The van der Waals surface area contributed by atoms with Crippen LogP contribution in [0.5, 0.6) is 0 Å². The zero-order chi connectivity index (χ0) is 13.4. The van der Waals surface area contributed by atoms with Gasteiger partial charge in [0.25, 0.3) is 0 Å². The highest BCUT2D eigenvalue weighted by atomic mass is 16.4. The number of fused-ring (bicyclic) bond motifs is 2. The molecule has 0 spiro atoms. The molecular formula is C17H14O2. The average molecular weight is 250 g/mol. The SMILES string of the molecule is C[C@@H](C(=O)O)c1c2ccccc2cc2ccccc12. The fraction of sp³-hybridized carbons (Fsp3) is 0.118. The molecule has 0 radical (unpaired) electrons. The third kappa shape index (κ3) is 1.85. The number of carboxylic acid groups (broad SMARTS) is 1. The molecule has 0 aromatic heterocycles. The van der Waals surface area contributed by atoms with Gasteiger partial charge in [0.2, 0.25) is 0 Å². The van der Waals surface area contributed by atoms with E-state index in [1.165, 1.54) is 0 Å². The Morgan fingerprint density at radius 2 is 1.42 bits per heavy atom. The van der Waals surface area contributed by atoms with Gasteiger partial charge in [-0.25, -0.2) is 0 Å². The number of hydrogen-bond donors (Lipinski definition) is 1. The monoisotopic (exact) mass is 250 g/mol. The van der Waals surface area contributed by atoms with E-state index in [-0.39, 0.29) is 0 Å². The number of benzene rings is 3. The van der Waals surface area contributed by atoms with Crippen molar-refractivity contribution in [3.63, 3.8) is 0 Å². The summed E-state index contributed by atoms with van der Waals surface area (Å²) in [6.45, 7) is 1.75. The molecule has 2 heteroatoms. The van der Waals surface area contributed by atoms with Gasteiger partial charge < -0.3 is 5.11 Å². The summed E-state index contributed by atoms with van der Waals surface area (Å²) in [4.78, 5) is 11.4. The van der Waals surface area contributed by atoms with E-state index < -0.39 is 11.9 Å². The molecule has 1 N–H and O–H groups in total. The lowest BCUT2D eigenvalue weighted by Gasteiger charge is -2.14. The minimum absolute atomic E-state index is 0.518. The molecule has 0 saturated heterocycles. The van der Waals surface area contributed by atoms with Crippen molar-refractivity contribution in [3.8, 4) is 0 Å². The Balaban J connectivity index is 2.49. The molecule has 0 heterocycles. The summed E-state index contributed by atoms with van der Waals surface area (Å²) in [6, 6.07) is 18.0. The number of carbonyl (C=O) groups is 1. The number of carboxylic acids is 1. The van der Waals surface area contributed by atoms with Crippen molar-refractivity contribution in [2.24, 2.45) is 0 Å². The maximum atomic E-state index is 11.4. The predicted octanol–water partition coefficient (Wildman–Crippen LogP) is 4.18. The predicted molar refractivity (Wildman–Crippen MR) is 77.5 cm³/mol. The minimum Gasteiger partial charge on any atom is -0.481 e. The summed E-state index contributed by atoms with van der Waals surface area (Å²) >= 11 is 0. The number of aliphatic carboxylic acids is 1. The first-order chi connectivity index (χ1) is 9.18. The average Bonchev–Trinajstić information content (AvgIpc) is 2.43. The summed E-state index contributed by atoms with van der Waals surface area (Å²) in [7, 11) is 0. The zero-order valence-corrected chi connectivity index (χ0v) is 10.6. The van der Waals surface area contributed by atoms with Gasteiger partial charge in [0.15, 0.2) is 0 Å². The quantitative estimate of drug-likeness (QED) is 0.693. The molecule has 0 bridgehead atoms. The second-order valence-electron chi connectivity index (χ2n) is 4.79. The Labute approximate surface area is 111 Å². The second-order valence-corrected chi connectivity index (χ2v) is 4.79. The summed E-state index contributed by atoms with van der Waals surface area (Å²) in [5.41, 5.74) is 0.904. The summed E-state index contributed by atoms with van der Waals surface area (Å²) in [5.74, 6) is -1.31. The van der Waals surface area contributed by atoms with Crippen molar-refractivity contribution in [1.82, 2.24) is 0 Å². The van der Waals surface area contributed by atoms with Crippen LogP contribution < -0.4 is 0 Å². The minimum atomic E-state index is -0.790. The smallest absolute Gasteiger partial charge is 0.310 e. The standard InChI is InChI=1S/C17H14O2/c1-11(17(18)19)16-14-8-4-2-6-12(14)10-13-7-3-5-9-15(13)16/h2-11H,1H3,(H,18,19)/t11-/m1/s1. The van der Waals surface area contributed by atoms with Crippen molar-refractivity contribution in [2.75, 3.05) is 0 Å². The lowest BCUT2D eigenvalue weighted by Crippen LogP contribution is -2.08. The third-order valence-electron chi connectivity index (χ3n) is 3.62.